The monoisotopic (exact) mass is 576 g/mol. The maximum atomic E-state index is 6.07. The Labute approximate surface area is 235 Å². The summed E-state index contributed by atoms with van der Waals surface area (Å²) in [6.45, 7) is 0. The van der Waals surface area contributed by atoms with Gasteiger partial charge in [0.05, 0.1) is 0 Å². The molecule has 0 amide bonds. The van der Waals surface area contributed by atoms with Crippen molar-refractivity contribution < 1.29 is 0 Å². The summed E-state index contributed by atoms with van der Waals surface area (Å²) in [5.74, 6) is 0. The van der Waals surface area contributed by atoms with Crippen LogP contribution in [0.5, 0.6) is 0 Å². The fraction of sp³-hybridized carbons (Fsp3) is 0.923. The van der Waals surface area contributed by atoms with Gasteiger partial charge in [0.25, 0.3) is 0 Å². The van der Waals surface area contributed by atoms with Crippen molar-refractivity contribution in [3.8, 4) is 0 Å². The summed E-state index contributed by atoms with van der Waals surface area (Å²) in [6, 6.07) is 2.74. The van der Waals surface area contributed by atoms with Crippen LogP contribution in [0.2, 0.25) is 0 Å². The van der Waals surface area contributed by atoms with Gasteiger partial charge >= 0.3 is 0 Å². The molecule has 8 heteroatoms. The molecule has 34 heavy (non-hydrogen) atoms. The van der Waals surface area contributed by atoms with Gasteiger partial charge in [-0.3, -0.25) is 0 Å². The van der Waals surface area contributed by atoms with Crippen LogP contribution in [0.4, 0.5) is 0 Å². The summed E-state index contributed by atoms with van der Waals surface area (Å²) in [6.07, 6.45) is 27.4. The Bertz CT molecular complexity index is 533. The first-order chi connectivity index (χ1) is 16.7. The minimum atomic E-state index is 0.685. The summed E-state index contributed by atoms with van der Waals surface area (Å²) in [5.41, 5.74) is 0. The summed E-state index contributed by atoms with van der Waals surface area (Å²) < 4.78 is 2.28. The maximum absolute atomic E-state index is 6.07. The highest BCUT2D eigenvalue weighted by Crippen LogP contribution is 2.47. The predicted octanol–water partition coefficient (Wildman–Crippen LogP) is 10.2. The van der Waals surface area contributed by atoms with Crippen molar-refractivity contribution in [2.45, 2.75) is 153 Å². The van der Waals surface area contributed by atoms with Crippen LogP contribution in [0.3, 0.4) is 0 Å². The normalized spacial score (nSPS) is 24.1. The van der Waals surface area contributed by atoms with E-state index in [0.717, 1.165) is 8.64 Å². The molecule has 0 aliphatic heterocycles. The lowest BCUT2D eigenvalue weighted by Crippen LogP contribution is -2.47. The van der Waals surface area contributed by atoms with Gasteiger partial charge in [-0.1, -0.05) is 101 Å². The summed E-state index contributed by atoms with van der Waals surface area (Å²) in [7, 11) is 7.38. The van der Waals surface area contributed by atoms with Crippen molar-refractivity contribution >= 4 is 74.3 Å². The predicted molar refractivity (Wildman–Crippen MR) is 167 cm³/mol. The van der Waals surface area contributed by atoms with E-state index in [4.69, 9.17) is 24.4 Å². The molecule has 0 bridgehead atoms. The van der Waals surface area contributed by atoms with Crippen molar-refractivity contribution in [1.82, 2.24) is 9.80 Å². The second-order valence-corrected chi connectivity index (χ2v) is 17.8. The average molecular weight is 577 g/mol. The molecule has 0 N–H and O–H groups in total. The minimum Gasteiger partial charge on any atom is -0.351 e. The molecule has 0 unspecified atom stereocenters. The van der Waals surface area contributed by atoms with Crippen LogP contribution in [-0.4, -0.2) is 42.6 Å². The zero-order chi connectivity index (χ0) is 23.6. The highest BCUT2D eigenvalue weighted by Gasteiger charge is 2.32. The third kappa shape index (κ3) is 8.34. The molecule has 4 rings (SSSR count). The lowest BCUT2D eigenvalue weighted by atomic mass is 9.89. The van der Waals surface area contributed by atoms with Crippen molar-refractivity contribution in [2.75, 3.05) is 0 Å². The summed E-state index contributed by atoms with van der Waals surface area (Å²) in [4.78, 5) is 5.40. The largest absolute Gasteiger partial charge is 0.351 e. The molecule has 4 saturated carbocycles. The van der Waals surface area contributed by atoms with E-state index >= 15 is 0 Å². The Kier molecular flexibility index (Phi) is 12.9. The Balaban J connectivity index is 1.28. The third-order valence-corrected chi connectivity index (χ3v) is 15.7. The van der Waals surface area contributed by atoms with Crippen LogP contribution >= 0.6 is 65.7 Å². The van der Waals surface area contributed by atoms with Crippen molar-refractivity contribution in [3.63, 3.8) is 0 Å². The smallest absolute Gasteiger partial charge is 0.148 e. The van der Waals surface area contributed by atoms with Crippen LogP contribution in [0, 0.1) is 0 Å². The van der Waals surface area contributed by atoms with Gasteiger partial charge in [-0.05, 0) is 92.6 Å². The molecule has 194 valence electrons. The average Bonchev–Trinajstić information content (AvgIpc) is 2.89. The molecule has 0 aromatic rings. The molecular weight excluding hydrogens is 533 g/mol. The fourth-order valence-corrected chi connectivity index (χ4v) is 13.9. The van der Waals surface area contributed by atoms with E-state index in [1.54, 1.807) is 0 Å². The van der Waals surface area contributed by atoms with Gasteiger partial charge in [-0.15, -0.1) is 0 Å². The Morgan fingerprint density at radius 1 is 0.412 bits per heavy atom. The van der Waals surface area contributed by atoms with Crippen molar-refractivity contribution in [3.05, 3.63) is 0 Å². The standard InChI is InChI=1S/C26H44N2S6/c29-25(27(21-13-5-1-6-14-21)22-15-7-2-8-16-22)31-33-34-32-26(30)28(23-17-9-3-10-18-23)24-19-11-4-12-20-24/h21-24H,1-20H2. The van der Waals surface area contributed by atoms with E-state index < -0.39 is 0 Å². The fourth-order valence-electron chi connectivity index (χ4n) is 6.80. The zero-order valence-corrected chi connectivity index (χ0v) is 25.7. The number of hydrogen-bond acceptors (Lipinski definition) is 6. The molecule has 0 heterocycles. The second-order valence-electron chi connectivity index (χ2n) is 10.8. The summed E-state index contributed by atoms with van der Waals surface area (Å²) >= 11 is 12.1. The van der Waals surface area contributed by atoms with Gasteiger partial charge in [0.2, 0.25) is 0 Å². The van der Waals surface area contributed by atoms with Crippen molar-refractivity contribution in [2.24, 2.45) is 0 Å². The maximum Gasteiger partial charge on any atom is 0.148 e. The molecule has 0 spiro atoms. The highest BCUT2D eigenvalue weighted by atomic mass is 33.7. The molecule has 4 aliphatic rings. The van der Waals surface area contributed by atoms with Gasteiger partial charge in [0.15, 0.2) is 0 Å². The molecular formula is C26H44N2S6. The van der Waals surface area contributed by atoms with Gasteiger partial charge in [-0.25, -0.2) is 0 Å². The Hall–Kier alpha value is 1.18. The van der Waals surface area contributed by atoms with Crippen LogP contribution in [-0.2, 0) is 0 Å². The number of thiocarbonyl (C=S) groups is 2. The topological polar surface area (TPSA) is 6.48 Å². The molecule has 0 saturated heterocycles. The first-order valence-electron chi connectivity index (χ1n) is 14.1. The van der Waals surface area contributed by atoms with E-state index in [1.165, 1.54) is 128 Å². The summed E-state index contributed by atoms with van der Waals surface area (Å²) in [5, 5.41) is 0. The van der Waals surface area contributed by atoms with E-state index in [2.05, 4.69) is 9.80 Å². The molecule has 4 fully saturated rings. The lowest BCUT2D eigenvalue weighted by molar-refractivity contribution is 0.164. The molecule has 0 aromatic heterocycles. The van der Waals surface area contributed by atoms with E-state index in [-0.39, 0.29) is 0 Å². The first-order valence-corrected chi connectivity index (χ1v) is 19.7. The van der Waals surface area contributed by atoms with E-state index in [9.17, 15) is 0 Å². The van der Waals surface area contributed by atoms with Gasteiger partial charge in [0, 0.05) is 24.2 Å². The lowest BCUT2D eigenvalue weighted by Gasteiger charge is -2.43. The van der Waals surface area contributed by atoms with Crippen LogP contribution in [0.1, 0.15) is 128 Å². The van der Waals surface area contributed by atoms with Crippen LogP contribution in [0.15, 0.2) is 0 Å². The number of nitrogens with zero attached hydrogens (tertiary/aromatic N) is 2. The van der Waals surface area contributed by atoms with E-state index in [1.807, 2.05) is 41.2 Å². The first kappa shape index (κ1) is 28.2. The molecule has 2 nitrogen and oxygen atoms in total. The van der Waals surface area contributed by atoms with Crippen molar-refractivity contribution in [1.29, 1.82) is 0 Å². The quantitative estimate of drug-likeness (QED) is 0.166. The molecule has 0 atom stereocenters. The Morgan fingerprint density at radius 2 is 0.647 bits per heavy atom. The number of hydrogen-bond donors (Lipinski definition) is 0. The van der Waals surface area contributed by atoms with Gasteiger partial charge in [-0.2, -0.15) is 0 Å². The van der Waals surface area contributed by atoms with Crippen LogP contribution < -0.4 is 0 Å². The minimum absolute atomic E-state index is 0.685. The second kappa shape index (κ2) is 15.6. The Morgan fingerprint density at radius 3 is 0.882 bits per heavy atom. The highest BCUT2D eigenvalue weighted by molar-refractivity contribution is 9.29. The van der Waals surface area contributed by atoms with Crippen LogP contribution in [0.25, 0.3) is 0 Å². The zero-order valence-electron chi connectivity index (χ0n) is 20.8. The van der Waals surface area contributed by atoms with Gasteiger partial charge < -0.3 is 9.80 Å². The SMILES string of the molecule is S=C(SSSSC(=S)N(C1CCCCC1)C1CCCCC1)N(C1CCCCC1)C1CCCCC1. The molecule has 4 aliphatic carbocycles. The van der Waals surface area contributed by atoms with E-state index in [0.29, 0.717) is 24.2 Å². The molecule has 0 aromatic carbocycles. The van der Waals surface area contributed by atoms with Gasteiger partial charge in [0.1, 0.15) is 8.64 Å². The number of rotatable bonds is 7. The molecule has 0 radical (unpaired) electrons. The third-order valence-electron chi connectivity index (χ3n) is 8.53.